The Hall–Kier alpha value is -3.17. The monoisotopic (exact) mass is 612 g/mol. The summed E-state index contributed by atoms with van der Waals surface area (Å²) in [6.45, 7) is 6.95. The number of aromatic hydroxyl groups is 1. The number of aryl methyl sites for hydroxylation is 1. The van der Waals surface area contributed by atoms with Gasteiger partial charge in [0.15, 0.2) is 0 Å². The van der Waals surface area contributed by atoms with Crippen molar-refractivity contribution in [3.8, 4) is 11.8 Å². The normalized spacial score (nSPS) is 32.3. The van der Waals surface area contributed by atoms with Crippen LogP contribution in [0, 0.1) is 0 Å². The number of nitrogens with one attached hydrogen (secondary N) is 1. The molecule has 4 saturated heterocycles. The second kappa shape index (κ2) is 10.4. The molecule has 45 heavy (non-hydrogen) atoms. The van der Waals surface area contributed by atoms with E-state index in [-0.39, 0.29) is 17.3 Å². The topological polar surface area (TPSA) is 77.0 Å². The van der Waals surface area contributed by atoms with E-state index in [1.807, 2.05) is 12.1 Å². The predicted molar refractivity (Wildman–Crippen MR) is 174 cm³/mol. The second-order valence-electron chi connectivity index (χ2n) is 14.7. The summed E-state index contributed by atoms with van der Waals surface area (Å²) in [5.41, 5.74) is 3.23. The fraction of sp³-hybridized carbons (Fsp3) is 0.611. The number of alkyl halides is 1. The summed E-state index contributed by atoms with van der Waals surface area (Å²) in [5, 5.41) is 16.8. The standard InChI is InChI=1S/C36H45FN6O2/c1-2-23-6-3-7-24-16-27(44)17-30(32(23)24)41-15-11-28-29(20-41)39-34(40-33(28)42-18-25-9-10-26(19-42)38-25)45-22-35-12-5-14-43(35)31-8-4-13-36(31,37)21-35/h3,6-7,16-17,25-26,31,38,44H,2,4-5,8-15,18-22H2,1H3/t25?,26?,31-,35+,36+/m1/s1. The number of phenolic OH excluding ortho intramolecular Hbond substituents is 1. The smallest absolute Gasteiger partial charge is 0.318 e. The highest BCUT2D eigenvalue weighted by atomic mass is 19.1. The Morgan fingerprint density at radius 1 is 1.04 bits per heavy atom. The fourth-order valence-electron chi connectivity index (χ4n) is 10.1. The van der Waals surface area contributed by atoms with Crippen LogP contribution in [0.25, 0.3) is 10.8 Å². The highest BCUT2D eigenvalue weighted by molar-refractivity contribution is 5.98. The molecule has 2 unspecified atom stereocenters. The number of halogens is 1. The lowest BCUT2D eigenvalue weighted by molar-refractivity contribution is 0.0808. The summed E-state index contributed by atoms with van der Waals surface area (Å²) in [4.78, 5) is 17.6. The van der Waals surface area contributed by atoms with Crippen molar-refractivity contribution in [3.63, 3.8) is 0 Å². The third-order valence-electron chi connectivity index (χ3n) is 12.1. The van der Waals surface area contributed by atoms with Gasteiger partial charge in [0.05, 0.1) is 17.8 Å². The lowest BCUT2D eigenvalue weighted by atomic mass is 9.88. The minimum atomic E-state index is -1.08. The predicted octanol–water partition coefficient (Wildman–Crippen LogP) is 5.28. The highest BCUT2D eigenvalue weighted by Crippen LogP contribution is 2.55. The molecule has 0 radical (unpaired) electrons. The first-order chi connectivity index (χ1) is 21.9. The summed E-state index contributed by atoms with van der Waals surface area (Å²) in [5.74, 6) is 1.31. The molecule has 6 aliphatic rings. The number of hydrogen-bond acceptors (Lipinski definition) is 8. The van der Waals surface area contributed by atoms with Gasteiger partial charge in [-0.3, -0.25) is 4.90 Å². The van der Waals surface area contributed by atoms with Crippen molar-refractivity contribution in [1.29, 1.82) is 0 Å². The number of fused-ring (bicyclic) bond motifs is 7. The van der Waals surface area contributed by atoms with Gasteiger partial charge in [-0.05, 0) is 81.3 Å². The number of phenols is 1. The second-order valence-corrected chi connectivity index (χ2v) is 14.7. The molecule has 5 atom stereocenters. The van der Waals surface area contributed by atoms with Crippen LogP contribution in [0.2, 0.25) is 0 Å². The van der Waals surface area contributed by atoms with Gasteiger partial charge >= 0.3 is 6.01 Å². The summed E-state index contributed by atoms with van der Waals surface area (Å²) in [6.07, 6.45) is 9.46. The number of benzene rings is 2. The molecule has 2 N–H and O–H groups in total. The van der Waals surface area contributed by atoms with Crippen LogP contribution >= 0.6 is 0 Å². The maximum absolute atomic E-state index is 16.0. The Morgan fingerprint density at radius 3 is 2.76 bits per heavy atom. The summed E-state index contributed by atoms with van der Waals surface area (Å²) >= 11 is 0. The first kappa shape index (κ1) is 28.1. The average Bonchev–Trinajstić information content (AvgIpc) is 3.77. The zero-order valence-electron chi connectivity index (χ0n) is 26.4. The Bertz CT molecular complexity index is 1640. The van der Waals surface area contributed by atoms with E-state index >= 15 is 4.39 Å². The molecule has 0 amide bonds. The van der Waals surface area contributed by atoms with Gasteiger partial charge in [0.1, 0.15) is 23.8 Å². The van der Waals surface area contributed by atoms with Crippen molar-refractivity contribution in [2.24, 2.45) is 0 Å². The first-order valence-corrected chi connectivity index (χ1v) is 17.4. The molecule has 9 rings (SSSR count). The molecule has 1 aliphatic carbocycles. The number of anilines is 2. The molecule has 5 fully saturated rings. The van der Waals surface area contributed by atoms with E-state index in [9.17, 15) is 5.11 Å². The molecule has 8 nitrogen and oxygen atoms in total. The van der Waals surface area contributed by atoms with E-state index in [1.165, 1.54) is 29.4 Å². The van der Waals surface area contributed by atoms with E-state index < -0.39 is 5.67 Å². The fourth-order valence-corrected chi connectivity index (χ4v) is 10.1. The zero-order chi connectivity index (χ0) is 30.3. The molecule has 0 spiro atoms. The number of hydrogen-bond donors (Lipinski definition) is 2. The lowest BCUT2D eigenvalue weighted by Gasteiger charge is -2.38. The van der Waals surface area contributed by atoms with Gasteiger partial charge in [-0.15, -0.1) is 0 Å². The van der Waals surface area contributed by atoms with Gasteiger partial charge in [-0.1, -0.05) is 25.1 Å². The van der Waals surface area contributed by atoms with Crippen molar-refractivity contribution in [3.05, 3.63) is 47.2 Å². The van der Waals surface area contributed by atoms with Crippen LogP contribution in [0.15, 0.2) is 30.3 Å². The molecule has 1 aromatic heterocycles. The van der Waals surface area contributed by atoms with Crippen molar-refractivity contribution in [2.75, 3.05) is 42.6 Å². The summed E-state index contributed by atoms with van der Waals surface area (Å²) in [6, 6.07) is 11.6. The van der Waals surface area contributed by atoms with Gasteiger partial charge < -0.3 is 25.0 Å². The Labute approximate surface area is 265 Å². The van der Waals surface area contributed by atoms with E-state index in [1.54, 1.807) is 0 Å². The molecular formula is C36H45FN6O2. The maximum Gasteiger partial charge on any atom is 0.318 e. The Balaban J connectivity index is 1.07. The summed E-state index contributed by atoms with van der Waals surface area (Å²) in [7, 11) is 0. The quantitative estimate of drug-likeness (QED) is 0.390. The molecule has 238 valence electrons. The first-order valence-electron chi connectivity index (χ1n) is 17.4. The van der Waals surface area contributed by atoms with Crippen molar-refractivity contribution < 1.29 is 14.2 Å². The Kier molecular flexibility index (Phi) is 6.51. The van der Waals surface area contributed by atoms with E-state index in [2.05, 4.69) is 45.1 Å². The number of rotatable bonds is 6. The SMILES string of the molecule is CCc1cccc2cc(O)cc(N3CCc4c(nc(OC[C@@]56CCCN5[C@@H]5CCC[C@]5(F)C6)nc4N4CC5CCC(C4)N5)C3)c12. The van der Waals surface area contributed by atoms with Crippen LogP contribution < -0.4 is 19.9 Å². The van der Waals surface area contributed by atoms with Crippen LogP contribution in [-0.2, 0) is 19.4 Å². The molecule has 2 bridgehead atoms. The summed E-state index contributed by atoms with van der Waals surface area (Å²) < 4.78 is 22.6. The molecule has 1 saturated carbocycles. The number of aromatic nitrogens is 2. The van der Waals surface area contributed by atoms with Crippen molar-refractivity contribution in [2.45, 2.75) is 107 Å². The van der Waals surface area contributed by atoms with Gasteiger partial charge in [-0.2, -0.15) is 9.97 Å². The molecule has 3 aromatic rings. The molecule has 9 heteroatoms. The highest BCUT2D eigenvalue weighted by Gasteiger charge is 2.63. The lowest BCUT2D eigenvalue weighted by Crippen LogP contribution is -2.52. The number of nitrogens with zero attached hydrogens (tertiary/aromatic N) is 5. The van der Waals surface area contributed by atoms with Gasteiger partial charge in [0.25, 0.3) is 0 Å². The van der Waals surface area contributed by atoms with Crippen LogP contribution in [-0.4, -0.2) is 82.1 Å². The minimum absolute atomic E-state index is 0.0404. The van der Waals surface area contributed by atoms with Gasteiger partial charge in [0.2, 0.25) is 0 Å². The van der Waals surface area contributed by atoms with Crippen molar-refractivity contribution >= 4 is 22.3 Å². The maximum atomic E-state index is 16.0. The number of ether oxygens (including phenoxy) is 1. The van der Waals surface area contributed by atoms with Crippen LogP contribution in [0.4, 0.5) is 15.9 Å². The van der Waals surface area contributed by atoms with Crippen LogP contribution in [0.5, 0.6) is 11.8 Å². The van der Waals surface area contributed by atoms with Crippen LogP contribution in [0.3, 0.4) is 0 Å². The largest absolute Gasteiger partial charge is 0.508 e. The molecule has 5 aliphatic heterocycles. The Morgan fingerprint density at radius 2 is 1.91 bits per heavy atom. The van der Waals surface area contributed by atoms with Gasteiger partial charge in [-0.25, -0.2) is 4.39 Å². The number of piperazine rings is 1. The molecule has 2 aromatic carbocycles. The third-order valence-corrected chi connectivity index (χ3v) is 12.1. The van der Waals surface area contributed by atoms with E-state index in [0.717, 1.165) is 87.3 Å². The van der Waals surface area contributed by atoms with Crippen molar-refractivity contribution in [1.82, 2.24) is 20.2 Å². The molecule has 6 heterocycles. The van der Waals surface area contributed by atoms with E-state index in [0.29, 0.717) is 44.1 Å². The van der Waals surface area contributed by atoms with Crippen LogP contribution in [0.1, 0.15) is 75.1 Å². The average molecular weight is 613 g/mol. The van der Waals surface area contributed by atoms with E-state index in [4.69, 9.17) is 14.7 Å². The zero-order valence-corrected chi connectivity index (χ0v) is 26.4. The molecular weight excluding hydrogens is 567 g/mol. The third kappa shape index (κ3) is 4.51. The minimum Gasteiger partial charge on any atom is -0.508 e. The van der Waals surface area contributed by atoms with Gasteiger partial charge in [0, 0.05) is 66.9 Å².